The first-order valence-corrected chi connectivity index (χ1v) is 17.7. The molecule has 0 radical (unpaired) electrons. The van der Waals surface area contributed by atoms with Crippen LogP contribution in [-0.2, 0) is 0 Å². The number of benzene rings is 7. The summed E-state index contributed by atoms with van der Waals surface area (Å²) in [6, 6.07) is 62.5. The molecule has 0 spiro atoms. The standard InChI is InChI=1S/C46H29N3S/c1-3-12-33(13-4-1)42-45-43(48-46(47-42)34-14-5-2-6-15-34)39-19-11-18-36(44(39)50-45)32-24-22-30(23-25-32)31-26-28-35(29-27-31)49-40-20-9-7-16-37(40)38-17-8-10-21-41(38)49/h1-29H. The molecule has 0 saturated heterocycles. The monoisotopic (exact) mass is 655 g/mol. The van der Waals surface area contributed by atoms with Crippen LogP contribution in [0, 0.1) is 0 Å². The van der Waals surface area contributed by atoms with E-state index in [0.717, 1.165) is 43.9 Å². The number of fused-ring (bicyclic) bond motifs is 6. The molecule has 10 rings (SSSR count). The van der Waals surface area contributed by atoms with Crippen molar-refractivity contribution >= 4 is 53.4 Å². The minimum atomic E-state index is 0.746. The number of para-hydroxylation sites is 2. The van der Waals surface area contributed by atoms with Crippen molar-refractivity contribution in [2.75, 3.05) is 0 Å². The number of thiophene rings is 1. The summed E-state index contributed by atoms with van der Waals surface area (Å²) in [7, 11) is 0. The van der Waals surface area contributed by atoms with Gasteiger partial charge in [-0.05, 0) is 46.5 Å². The van der Waals surface area contributed by atoms with E-state index in [2.05, 4.69) is 156 Å². The lowest BCUT2D eigenvalue weighted by Crippen LogP contribution is -1.93. The van der Waals surface area contributed by atoms with Crippen LogP contribution in [-0.4, -0.2) is 14.5 Å². The first kappa shape index (κ1) is 28.6. The van der Waals surface area contributed by atoms with Crippen LogP contribution in [0.4, 0.5) is 0 Å². The second-order valence-electron chi connectivity index (χ2n) is 12.6. The smallest absolute Gasteiger partial charge is 0.160 e. The molecule has 3 heterocycles. The van der Waals surface area contributed by atoms with Gasteiger partial charge >= 0.3 is 0 Å². The van der Waals surface area contributed by atoms with Gasteiger partial charge in [-0.15, -0.1) is 11.3 Å². The highest BCUT2D eigenvalue weighted by molar-refractivity contribution is 7.26. The summed E-state index contributed by atoms with van der Waals surface area (Å²) in [5, 5.41) is 3.71. The number of aromatic nitrogens is 3. The first-order chi connectivity index (χ1) is 24.8. The van der Waals surface area contributed by atoms with Crippen molar-refractivity contribution < 1.29 is 0 Å². The lowest BCUT2D eigenvalue weighted by atomic mass is 9.99. The Morgan fingerprint density at radius 1 is 0.380 bits per heavy atom. The fraction of sp³-hybridized carbons (Fsp3) is 0. The summed E-state index contributed by atoms with van der Waals surface area (Å²) in [6.07, 6.45) is 0. The van der Waals surface area contributed by atoms with Crippen LogP contribution in [0.5, 0.6) is 0 Å². The van der Waals surface area contributed by atoms with E-state index in [1.54, 1.807) is 11.3 Å². The van der Waals surface area contributed by atoms with Gasteiger partial charge in [0.1, 0.15) is 0 Å². The normalized spacial score (nSPS) is 11.6. The van der Waals surface area contributed by atoms with E-state index >= 15 is 0 Å². The minimum absolute atomic E-state index is 0.746. The molecule has 0 aliphatic rings. The van der Waals surface area contributed by atoms with Crippen molar-refractivity contribution in [1.82, 2.24) is 14.5 Å². The van der Waals surface area contributed by atoms with E-state index in [1.807, 2.05) is 24.3 Å². The zero-order chi connectivity index (χ0) is 33.0. The van der Waals surface area contributed by atoms with E-state index < -0.39 is 0 Å². The van der Waals surface area contributed by atoms with Crippen molar-refractivity contribution in [3.63, 3.8) is 0 Å². The molecule has 0 N–H and O–H groups in total. The van der Waals surface area contributed by atoms with E-state index in [9.17, 15) is 0 Å². The van der Waals surface area contributed by atoms with Crippen LogP contribution < -0.4 is 0 Å². The van der Waals surface area contributed by atoms with Gasteiger partial charge in [0.25, 0.3) is 0 Å². The molecule has 3 nitrogen and oxygen atoms in total. The highest BCUT2D eigenvalue weighted by atomic mass is 32.1. The Kier molecular flexibility index (Phi) is 6.68. The predicted molar refractivity (Wildman–Crippen MR) is 211 cm³/mol. The van der Waals surface area contributed by atoms with Gasteiger partial charge in [-0.25, -0.2) is 9.97 Å². The van der Waals surface area contributed by atoms with Crippen molar-refractivity contribution in [2.45, 2.75) is 0 Å². The molecule has 50 heavy (non-hydrogen) atoms. The average molecular weight is 656 g/mol. The van der Waals surface area contributed by atoms with Gasteiger partial charge in [0, 0.05) is 37.7 Å². The van der Waals surface area contributed by atoms with Crippen molar-refractivity contribution in [1.29, 1.82) is 0 Å². The van der Waals surface area contributed by atoms with Crippen LogP contribution in [0.25, 0.3) is 92.7 Å². The summed E-state index contributed by atoms with van der Waals surface area (Å²) >= 11 is 1.78. The Bertz CT molecular complexity index is 2780. The summed E-state index contributed by atoms with van der Waals surface area (Å²) in [4.78, 5) is 10.3. The quantitative estimate of drug-likeness (QED) is 0.185. The van der Waals surface area contributed by atoms with Crippen molar-refractivity contribution in [2.24, 2.45) is 0 Å². The van der Waals surface area contributed by atoms with Gasteiger partial charge in [-0.2, -0.15) is 0 Å². The predicted octanol–water partition coefficient (Wildman–Crippen LogP) is 12.6. The molecule has 10 aromatic rings. The summed E-state index contributed by atoms with van der Waals surface area (Å²) in [6.45, 7) is 0. The van der Waals surface area contributed by atoms with Gasteiger partial charge in [0.2, 0.25) is 0 Å². The molecular weight excluding hydrogens is 627 g/mol. The van der Waals surface area contributed by atoms with Gasteiger partial charge < -0.3 is 4.57 Å². The van der Waals surface area contributed by atoms with Crippen LogP contribution >= 0.6 is 11.3 Å². The Balaban J connectivity index is 1.04. The van der Waals surface area contributed by atoms with Crippen LogP contribution in [0.15, 0.2) is 176 Å². The van der Waals surface area contributed by atoms with Crippen LogP contribution in [0.1, 0.15) is 0 Å². The lowest BCUT2D eigenvalue weighted by Gasteiger charge is -2.10. The molecular formula is C46H29N3S. The molecule has 0 atom stereocenters. The molecule has 0 saturated carbocycles. The largest absolute Gasteiger partial charge is 0.309 e. The summed E-state index contributed by atoms with van der Waals surface area (Å²) < 4.78 is 4.69. The molecule has 0 aliphatic heterocycles. The summed E-state index contributed by atoms with van der Waals surface area (Å²) in [5.74, 6) is 0.746. The minimum Gasteiger partial charge on any atom is -0.309 e. The van der Waals surface area contributed by atoms with Gasteiger partial charge in [-0.3, -0.25) is 0 Å². The Hall–Kier alpha value is -6.36. The van der Waals surface area contributed by atoms with Crippen molar-refractivity contribution in [3.05, 3.63) is 176 Å². The molecule has 0 amide bonds. The fourth-order valence-corrected chi connectivity index (χ4v) is 8.53. The molecule has 0 fully saturated rings. The molecule has 234 valence electrons. The first-order valence-electron chi connectivity index (χ1n) is 16.8. The van der Waals surface area contributed by atoms with Crippen LogP contribution in [0.3, 0.4) is 0 Å². The number of hydrogen-bond acceptors (Lipinski definition) is 3. The third-order valence-electron chi connectivity index (χ3n) is 9.65. The van der Waals surface area contributed by atoms with Gasteiger partial charge in [0.15, 0.2) is 5.82 Å². The third kappa shape index (κ3) is 4.65. The van der Waals surface area contributed by atoms with E-state index in [1.165, 1.54) is 48.8 Å². The maximum atomic E-state index is 5.16. The van der Waals surface area contributed by atoms with Crippen molar-refractivity contribution in [3.8, 4) is 50.6 Å². The Morgan fingerprint density at radius 2 is 0.920 bits per heavy atom. The third-order valence-corrected chi connectivity index (χ3v) is 10.9. The topological polar surface area (TPSA) is 30.7 Å². The fourth-order valence-electron chi connectivity index (χ4n) is 7.25. The second-order valence-corrected chi connectivity index (χ2v) is 13.6. The zero-order valence-corrected chi connectivity index (χ0v) is 27.8. The van der Waals surface area contributed by atoms with E-state index in [0.29, 0.717) is 0 Å². The maximum Gasteiger partial charge on any atom is 0.160 e. The number of rotatable bonds is 5. The zero-order valence-electron chi connectivity index (χ0n) is 27.0. The Morgan fingerprint density at radius 3 is 1.58 bits per heavy atom. The molecule has 0 aliphatic carbocycles. The summed E-state index contributed by atoms with van der Waals surface area (Å²) in [5.41, 5.74) is 12.5. The molecule has 0 bridgehead atoms. The molecule has 7 aromatic carbocycles. The average Bonchev–Trinajstić information content (AvgIpc) is 3.74. The molecule has 4 heteroatoms. The number of hydrogen-bond donors (Lipinski definition) is 0. The Labute approximate surface area is 293 Å². The second kappa shape index (κ2) is 11.7. The van der Waals surface area contributed by atoms with E-state index in [4.69, 9.17) is 9.97 Å². The van der Waals surface area contributed by atoms with Gasteiger partial charge in [0.05, 0.1) is 26.9 Å². The highest BCUT2D eigenvalue weighted by Gasteiger charge is 2.19. The van der Waals surface area contributed by atoms with E-state index in [-0.39, 0.29) is 0 Å². The molecule has 0 unspecified atom stereocenters. The SMILES string of the molecule is c1ccc(-c2nc(-c3ccccc3)c3sc4c(-c5ccc(-c6ccc(-n7c8ccccc8c8ccccc87)cc6)cc5)cccc4c3n2)cc1. The van der Waals surface area contributed by atoms with Crippen LogP contribution in [0.2, 0.25) is 0 Å². The highest BCUT2D eigenvalue weighted by Crippen LogP contribution is 2.43. The van der Waals surface area contributed by atoms with Gasteiger partial charge in [-0.1, -0.05) is 152 Å². The molecule has 3 aromatic heterocycles. The lowest BCUT2D eigenvalue weighted by molar-refractivity contribution is 1.18. The maximum absolute atomic E-state index is 5.16. The number of nitrogens with zero attached hydrogens (tertiary/aromatic N) is 3.